The molecule has 0 saturated carbocycles. The third-order valence-corrected chi connectivity index (χ3v) is 5.39. The van der Waals surface area contributed by atoms with Crippen molar-refractivity contribution < 1.29 is 23.8 Å². The van der Waals surface area contributed by atoms with E-state index in [0.29, 0.717) is 29.6 Å². The second-order valence-corrected chi connectivity index (χ2v) is 8.18. The molecule has 3 rings (SSSR count). The molecule has 1 atom stereocenters. The van der Waals surface area contributed by atoms with Gasteiger partial charge in [0.25, 0.3) is 5.91 Å². The van der Waals surface area contributed by atoms with Crippen LogP contribution in [-0.2, 0) is 16.0 Å². The number of rotatable bonds is 9. The summed E-state index contributed by atoms with van der Waals surface area (Å²) in [7, 11) is 1.52. The Kier molecular flexibility index (Phi) is 7.93. The quantitative estimate of drug-likeness (QED) is 0.600. The molecule has 31 heavy (non-hydrogen) atoms. The highest BCUT2D eigenvalue weighted by Crippen LogP contribution is 2.30. The Balaban J connectivity index is 1.54. The molecule has 1 aliphatic carbocycles. The monoisotopic (exact) mass is 425 g/mol. The smallest absolute Gasteiger partial charge is 0.338 e. The van der Waals surface area contributed by atoms with Crippen LogP contribution in [0.3, 0.4) is 0 Å². The normalized spacial score (nSPS) is 15.2. The largest absolute Gasteiger partial charge is 0.493 e. The summed E-state index contributed by atoms with van der Waals surface area (Å²) in [5, 5.41) is 2.98. The first kappa shape index (κ1) is 22.7. The molecule has 166 valence electrons. The predicted molar refractivity (Wildman–Crippen MR) is 118 cm³/mol. The van der Waals surface area contributed by atoms with Crippen molar-refractivity contribution in [3.05, 3.63) is 59.2 Å². The van der Waals surface area contributed by atoms with Crippen LogP contribution in [0.2, 0.25) is 0 Å². The second kappa shape index (κ2) is 10.8. The maximum Gasteiger partial charge on any atom is 0.338 e. The average Bonchev–Trinajstić information content (AvgIpc) is 2.77. The minimum absolute atomic E-state index is 0.0430. The molecular weight excluding hydrogens is 394 g/mol. The fourth-order valence-corrected chi connectivity index (χ4v) is 3.67. The first-order valence-corrected chi connectivity index (χ1v) is 10.8. The zero-order valence-electron chi connectivity index (χ0n) is 18.5. The summed E-state index contributed by atoms with van der Waals surface area (Å²) in [5.74, 6) is 0.685. The van der Waals surface area contributed by atoms with Gasteiger partial charge >= 0.3 is 5.97 Å². The lowest BCUT2D eigenvalue weighted by atomic mass is 9.88. The first-order chi connectivity index (χ1) is 15.0. The SMILES string of the molecule is COc1cc(C(=O)OCC(=O)NC2CCCc3ccccc32)ccc1OCCC(C)C. The molecule has 2 aromatic rings. The zero-order valence-corrected chi connectivity index (χ0v) is 18.5. The Morgan fingerprint density at radius 3 is 2.71 bits per heavy atom. The minimum atomic E-state index is -0.578. The van der Waals surface area contributed by atoms with E-state index in [1.807, 2.05) is 18.2 Å². The van der Waals surface area contributed by atoms with Crippen LogP contribution in [0.15, 0.2) is 42.5 Å². The first-order valence-electron chi connectivity index (χ1n) is 10.8. The second-order valence-electron chi connectivity index (χ2n) is 8.18. The molecule has 0 heterocycles. The summed E-state index contributed by atoms with van der Waals surface area (Å²) >= 11 is 0. The van der Waals surface area contributed by atoms with Crippen LogP contribution in [0.25, 0.3) is 0 Å². The van der Waals surface area contributed by atoms with Gasteiger partial charge in [0.2, 0.25) is 0 Å². The van der Waals surface area contributed by atoms with Crippen LogP contribution in [-0.4, -0.2) is 32.2 Å². The number of benzene rings is 2. The van der Waals surface area contributed by atoms with Crippen LogP contribution in [0.4, 0.5) is 0 Å². The van der Waals surface area contributed by atoms with Crippen LogP contribution in [0.5, 0.6) is 11.5 Å². The van der Waals surface area contributed by atoms with Gasteiger partial charge in [0.1, 0.15) is 0 Å². The van der Waals surface area contributed by atoms with Crippen LogP contribution in [0.1, 0.15) is 60.6 Å². The molecule has 6 nitrogen and oxygen atoms in total. The van der Waals surface area contributed by atoms with Crippen LogP contribution >= 0.6 is 0 Å². The van der Waals surface area contributed by atoms with Gasteiger partial charge in [-0.3, -0.25) is 4.79 Å². The van der Waals surface area contributed by atoms with E-state index in [1.54, 1.807) is 18.2 Å². The number of ether oxygens (including phenoxy) is 3. The summed E-state index contributed by atoms with van der Waals surface area (Å²) in [4.78, 5) is 24.8. The molecule has 0 fully saturated rings. The molecule has 1 aliphatic rings. The molecule has 0 saturated heterocycles. The predicted octanol–water partition coefficient (Wildman–Crippen LogP) is 4.47. The summed E-state index contributed by atoms with van der Waals surface area (Å²) < 4.78 is 16.3. The lowest BCUT2D eigenvalue weighted by Gasteiger charge is -2.26. The summed E-state index contributed by atoms with van der Waals surface area (Å²) in [6.45, 7) is 4.50. The molecule has 0 bridgehead atoms. The maximum absolute atomic E-state index is 12.4. The van der Waals surface area contributed by atoms with E-state index in [4.69, 9.17) is 14.2 Å². The Labute approximate surface area is 183 Å². The Bertz CT molecular complexity index is 909. The van der Waals surface area contributed by atoms with Crippen molar-refractivity contribution in [3.8, 4) is 11.5 Å². The topological polar surface area (TPSA) is 73.9 Å². The van der Waals surface area contributed by atoms with Crippen molar-refractivity contribution in [2.24, 2.45) is 5.92 Å². The molecule has 0 spiro atoms. The van der Waals surface area contributed by atoms with Crippen molar-refractivity contribution in [2.75, 3.05) is 20.3 Å². The Morgan fingerprint density at radius 1 is 1.13 bits per heavy atom. The standard InChI is InChI=1S/C25H31NO5/c1-17(2)13-14-30-22-12-11-19(15-23(22)29-3)25(28)31-16-24(27)26-21-10-6-8-18-7-4-5-9-20(18)21/h4-5,7,9,11-12,15,17,21H,6,8,10,13-14,16H2,1-3H3,(H,26,27). The van der Waals surface area contributed by atoms with E-state index in [0.717, 1.165) is 31.2 Å². The van der Waals surface area contributed by atoms with Gasteiger partial charge in [-0.15, -0.1) is 0 Å². The van der Waals surface area contributed by atoms with Crippen LogP contribution in [0, 0.1) is 5.92 Å². The summed E-state index contributed by atoms with van der Waals surface area (Å²) in [6, 6.07) is 13.0. The van der Waals surface area contributed by atoms with E-state index in [1.165, 1.54) is 12.7 Å². The molecule has 0 aromatic heterocycles. The molecule has 1 N–H and O–H groups in total. The van der Waals surface area contributed by atoms with E-state index in [2.05, 4.69) is 25.2 Å². The lowest BCUT2D eigenvalue weighted by molar-refractivity contribution is -0.125. The lowest BCUT2D eigenvalue weighted by Crippen LogP contribution is -2.34. The summed E-state index contributed by atoms with van der Waals surface area (Å²) in [5.41, 5.74) is 2.72. The highest BCUT2D eigenvalue weighted by Gasteiger charge is 2.22. The molecule has 1 unspecified atom stereocenters. The van der Waals surface area contributed by atoms with Gasteiger partial charge < -0.3 is 19.5 Å². The molecule has 2 aromatic carbocycles. The number of methoxy groups -OCH3 is 1. The van der Waals surface area contributed by atoms with Gasteiger partial charge in [-0.2, -0.15) is 0 Å². The van der Waals surface area contributed by atoms with E-state index >= 15 is 0 Å². The summed E-state index contributed by atoms with van der Waals surface area (Å²) in [6.07, 6.45) is 3.85. The van der Waals surface area contributed by atoms with Gasteiger partial charge in [-0.25, -0.2) is 4.79 Å². The van der Waals surface area contributed by atoms with Gasteiger partial charge in [0.05, 0.1) is 25.3 Å². The van der Waals surface area contributed by atoms with Gasteiger partial charge in [-0.05, 0) is 60.9 Å². The number of carbonyl (C=O) groups is 2. The third-order valence-electron chi connectivity index (χ3n) is 5.39. The number of amides is 1. The molecule has 0 aliphatic heterocycles. The van der Waals surface area contributed by atoms with E-state index in [-0.39, 0.29) is 18.6 Å². The average molecular weight is 426 g/mol. The fourth-order valence-electron chi connectivity index (χ4n) is 3.67. The highest BCUT2D eigenvalue weighted by atomic mass is 16.5. The van der Waals surface area contributed by atoms with Crippen molar-refractivity contribution >= 4 is 11.9 Å². The third kappa shape index (κ3) is 6.23. The van der Waals surface area contributed by atoms with E-state index in [9.17, 15) is 9.59 Å². The number of hydrogen-bond acceptors (Lipinski definition) is 5. The Hall–Kier alpha value is -3.02. The Morgan fingerprint density at radius 2 is 1.94 bits per heavy atom. The number of fused-ring (bicyclic) bond motifs is 1. The fraction of sp³-hybridized carbons (Fsp3) is 0.440. The van der Waals surface area contributed by atoms with Crippen molar-refractivity contribution in [1.82, 2.24) is 5.32 Å². The van der Waals surface area contributed by atoms with Crippen LogP contribution < -0.4 is 14.8 Å². The van der Waals surface area contributed by atoms with Crippen molar-refractivity contribution in [3.63, 3.8) is 0 Å². The van der Waals surface area contributed by atoms with Gasteiger partial charge in [-0.1, -0.05) is 38.1 Å². The number of carbonyl (C=O) groups excluding carboxylic acids is 2. The number of esters is 1. The zero-order chi connectivity index (χ0) is 22.2. The highest BCUT2D eigenvalue weighted by molar-refractivity contribution is 5.92. The van der Waals surface area contributed by atoms with E-state index < -0.39 is 5.97 Å². The molecule has 0 radical (unpaired) electrons. The number of nitrogens with one attached hydrogen (secondary N) is 1. The number of hydrogen-bond donors (Lipinski definition) is 1. The minimum Gasteiger partial charge on any atom is -0.493 e. The van der Waals surface area contributed by atoms with Crippen molar-refractivity contribution in [2.45, 2.75) is 45.6 Å². The molecule has 1 amide bonds. The van der Waals surface area contributed by atoms with Gasteiger partial charge in [0.15, 0.2) is 18.1 Å². The molecular formula is C25H31NO5. The van der Waals surface area contributed by atoms with Crippen molar-refractivity contribution in [1.29, 1.82) is 0 Å². The maximum atomic E-state index is 12.4. The van der Waals surface area contributed by atoms with Gasteiger partial charge in [0, 0.05) is 0 Å². The number of aryl methyl sites for hydroxylation is 1. The molecule has 6 heteroatoms.